The molecule has 4 rings (SSSR count). The van der Waals surface area contributed by atoms with Gasteiger partial charge in [0.1, 0.15) is 5.52 Å². The van der Waals surface area contributed by atoms with Gasteiger partial charge < -0.3 is 9.88 Å². The van der Waals surface area contributed by atoms with E-state index in [1.165, 1.54) is 12.8 Å². The van der Waals surface area contributed by atoms with Gasteiger partial charge in [0.2, 0.25) is 0 Å². The molecule has 1 N–H and O–H groups in total. The number of pyridine rings is 2. The summed E-state index contributed by atoms with van der Waals surface area (Å²) in [7, 11) is 0. The quantitative estimate of drug-likeness (QED) is 0.742. The van der Waals surface area contributed by atoms with Crippen LogP contribution >= 0.6 is 0 Å². The Bertz CT molecular complexity index is 954. The summed E-state index contributed by atoms with van der Waals surface area (Å²) in [5, 5.41) is 3.16. The molecule has 3 aromatic heterocycles. The van der Waals surface area contributed by atoms with Crippen molar-refractivity contribution in [3.8, 4) is 0 Å². The fourth-order valence-electron chi connectivity index (χ4n) is 3.35. The van der Waals surface area contributed by atoms with Crippen LogP contribution in [-0.4, -0.2) is 25.4 Å². The lowest BCUT2D eigenvalue weighted by molar-refractivity contribution is 0.0926. The number of fused-ring (bicyclic) bond motifs is 1. The number of rotatable bonds is 5. The van der Waals surface area contributed by atoms with Gasteiger partial charge in [0, 0.05) is 24.6 Å². The van der Waals surface area contributed by atoms with Gasteiger partial charge in [-0.25, -0.2) is 9.97 Å². The summed E-state index contributed by atoms with van der Waals surface area (Å²) in [6, 6.07) is 6.14. The lowest BCUT2D eigenvalue weighted by Crippen LogP contribution is -2.31. The van der Waals surface area contributed by atoms with Gasteiger partial charge in [-0.15, -0.1) is 0 Å². The van der Waals surface area contributed by atoms with E-state index < -0.39 is 0 Å². The zero-order chi connectivity index (χ0) is 19.0. The van der Waals surface area contributed by atoms with Crippen molar-refractivity contribution in [3.05, 3.63) is 54.2 Å². The highest BCUT2D eigenvalue weighted by molar-refractivity contribution is 5.96. The van der Waals surface area contributed by atoms with Crippen LogP contribution in [0.25, 0.3) is 11.2 Å². The number of aromatic nitrogens is 4. The Hall–Kier alpha value is -2.76. The topological polar surface area (TPSA) is 72.7 Å². The van der Waals surface area contributed by atoms with E-state index in [1.54, 1.807) is 12.4 Å². The van der Waals surface area contributed by atoms with E-state index in [9.17, 15) is 4.79 Å². The van der Waals surface area contributed by atoms with Crippen LogP contribution in [0.4, 0.5) is 0 Å². The third kappa shape index (κ3) is 3.99. The minimum Gasteiger partial charge on any atom is -0.345 e. The lowest BCUT2D eigenvalue weighted by Gasteiger charge is -2.27. The summed E-state index contributed by atoms with van der Waals surface area (Å²) in [5.74, 6) is -0.136. The third-order valence-corrected chi connectivity index (χ3v) is 4.82. The number of imidazole rings is 1. The van der Waals surface area contributed by atoms with Crippen molar-refractivity contribution in [2.75, 3.05) is 0 Å². The van der Waals surface area contributed by atoms with Gasteiger partial charge in [-0.2, -0.15) is 0 Å². The zero-order valence-electron chi connectivity index (χ0n) is 16.0. The first-order chi connectivity index (χ1) is 12.9. The Morgan fingerprint density at radius 2 is 2.11 bits per heavy atom. The predicted molar refractivity (Wildman–Crippen MR) is 104 cm³/mol. The molecule has 1 atom stereocenters. The summed E-state index contributed by atoms with van der Waals surface area (Å²) >= 11 is 0. The van der Waals surface area contributed by atoms with Crippen molar-refractivity contribution in [2.24, 2.45) is 5.41 Å². The van der Waals surface area contributed by atoms with Crippen LogP contribution in [0.1, 0.15) is 68.0 Å². The molecular formula is C21H25N5O. The summed E-state index contributed by atoms with van der Waals surface area (Å²) in [4.78, 5) is 26.0. The van der Waals surface area contributed by atoms with Crippen molar-refractivity contribution >= 4 is 17.1 Å². The molecule has 1 aliphatic rings. The summed E-state index contributed by atoms with van der Waals surface area (Å²) in [6.07, 6.45) is 10.2. The minimum atomic E-state index is -0.136. The summed E-state index contributed by atoms with van der Waals surface area (Å²) < 4.78 is 2.11. The highest BCUT2D eigenvalue weighted by Gasteiger charge is 2.26. The number of hydrogen-bond acceptors (Lipinski definition) is 4. The Balaban J connectivity index is 1.57. The van der Waals surface area contributed by atoms with Crippen molar-refractivity contribution < 1.29 is 4.79 Å². The van der Waals surface area contributed by atoms with E-state index in [4.69, 9.17) is 0 Å². The molecule has 140 valence electrons. The molecule has 3 heterocycles. The third-order valence-electron chi connectivity index (χ3n) is 4.82. The molecule has 6 nitrogen and oxygen atoms in total. The summed E-state index contributed by atoms with van der Waals surface area (Å²) in [6.45, 7) is 6.50. The molecule has 27 heavy (non-hydrogen) atoms. The molecule has 0 aromatic carbocycles. The zero-order valence-corrected chi connectivity index (χ0v) is 16.0. The van der Waals surface area contributed by atoms with E-state index in [0.717, 1.165) is 23.1 Å². The minimum absolute atomic E-state index is 0.0685. The number of nitrogens with one attached hydrogen (secondary N) is 1. The molecule has 1 unspecified atom stereocenters. The Morgan fingerprint density at radius 1 is 1.30 bits per heavy atom. The number of carbonyl (C=O) groups excluding carboxylic acids is 1. The molecular weight excluding hydrogens is 338 g/mol. The van der Waals surface area contributed by atoms with Crippen molar-refractivity contribution in [2.45, 2.75) is 52.1 Å². The second-order valence-corrected chi connectivity index (χ2v) is 8.53. The lowest BCUT2D eigenvalue weighted by atomic mass is 9.85. The average Bonchev–Trinajstić information content (AvgIpc) is 3.39. The first-order valence-electron chi connectivity index (χ1n) is 9.44. The number of hydrogen-bond donors (Lipinski definition) is 1. The molecule has 3 aromatic rings. The van der Waals surface area contributed by atoms with Crippen LogP contribution in [0.5, 0.6) is 0 Å². The van der Waals surface area contributed by atoms with E-state index in [-0.39, 0.29) is 17.4 Å². The Morgan fingerprint density at radius 3 is 2.78 bits per heavy atom. The van der Waals surface area contributed by atoms with Gasteiger partial charge in [0.25, 0.3) is 5.91 Å². The van der Waals surface area contributed by atoms with E-state index in [1.807, 2.05) is 30.7 Å². The second-order valence-electron chi connectivity index (χ2n) is 8.53. The van der Waals surface area contributed by atoms with Crippen molar-refractivity contribution in [1.29, 1.82) is 0 Å². The van der Waals surface area contributed by atoms with Gasteiger partial charge in [0.05, 0.1) is 17.9 Å². The first kappa shape index (κ1) is 17.6. The van der Waals surface area contributed by atoms with Gasteiger partial charge >= 0.3 is 0 Å². The molecule has 0 spiro atoms. The molecule has 1 amide bonds. The number of nitrogens with zero attached hydrogens (tertiary/aromatic N) is 4. The predicted octanol–water partition coefficient (Wildman–Crippen LogP) is 4.07. The fourth-order valence-corrected chi connectivity index (χ4v) is 3.35. The Kier molecular flexibility index (Phi) is 4.42. The fraction of sp³-hybridized carbons (Fsp3) is 0.429. The van der Waals surface area contributed by atoms with Crippen LogP contribution in [0.3, 0.4) is 0 Å². The molecule has 0 radical (unpaired) electrons. The standard InChI is InChI=1S/C21H25N5O/c1-21(2,3)10-18(14-5-4-8-22-11-14)25-20(27)15-9-17-19(23-12-15)26(13-24-17)16-6-7-16/h4-5,8-9,11-13,16,18H,6-7,10H2,1-3H3,(H,25,27). The van der Waals surface area contributed by atoms with Gasteiger partial charge in [-0.3, -0.25) is 9.78 Å². The van der Waals surface area contributed by atoms with Crippen LogP contribution in [0.2, 0.25) is 0 Å². The van der Waals surface area contributed by atoms with Crippen LogP contribution < -0.4 is 5.32 Å². The second kappa shape index (κ2) is 6.76. The SMILES string of the molecule is CC(C)(C)CC(NC(=O)c1cnc2c(c1)ncn2C1CC1)c1cccnc1. The maximum Gasteiger partial charge on any atom is 0.253 e. The first-order valence-corrected chi connectivity index (χ1v) is 9.44. The number of carbonyl (C=O) groups is 1. The highest BCUT2D eigenvalue weighted by atomic mass is 16.1. The molecule has 6 heteroatoms. The van der Waals surface area contributed by atoms with Gasteiger partial charge in [-0.1, -0.05) is 26.8 Å². The molecule has 1 saturated carbocycles. The Labute approximate surface area is 159 Å². The van der Waals surface area contributed by atoms with Crippen LogP contribution in [0.15, 0.2) is 43.1 Å². The maximum atomic E-state index is 12.9. The largest absolute Gasteiger partial charge is 0.345 e. The smallest absolute Gasteiger partial charge is 0.253 e. The number of amides is 1. The van der Waals surface area contributed by atoms with Crippen LogP contribution in [-0.2, 0) is 0 Å². The van der Waals surface area contributed by atoms with Crippen LogP contribution in [0, 0.1) is 5.41 Å². The summed E-state index contributed by atoms with van der Waals surface area (Å²) in [5.41, 5.74) is 3.23. The van der Waals surface area contributed by atoms with E-state index in [2.05, 4.69) is 45.6 Å². The van der Waals surface area contributed by atoms with Gasteiger partial charge in [-0.05, 0) is 42.4 Å². The maximum absolute atomic E-state index is 12.9. The van der Waals surface area contributed by atoms with Gasteiger partial charge in [0.15, 0.2) is 5.65 Å². The highest BCUT2D eigenvalue weighted by Crippen LogP contribution is 2.36. The van der Waals surface area contributed by atoms with E-state index >= 15 is 0 Å². The molecule has 1 aliphatic carbocycles. The molecule has 0 aliphatic heterocycles. The molecule has 1 fully saturated rings. The monoisotopic (exact) mass is 363 g/mol. The normalized spacial score (nSPS) is 15.7. The molecule has 0 bridgehead atoms. The van der Waals surface area contributed by atoms with Crippen molar-refractivity contribution in [1.82, 2.24) is 24.8 Å². The average molecular weight is 363 g/mol. The molecule has 0 saturated heterocycles. The van der Waals surface area contributed by atoms with E-state index in [0.29, 0.717) is 11.6 Å². The van der Waals surface area contributed by atoms with Crippen molar-refractivity contribution in [3.63, 3.8) is 0 Å².